The zero-order chi connectivity index (χ0) is 14.5. The number of hydrogen-bond donors (Lipinski definition) is 1. The topological polar surface area (TPSA) is 67.5 Å². The van der Waals surface area contributed by atoms with Crippen molar-refractivity contribution >= 4 is 17.2 Å². The van der Waals surface area contributed by atoms with E-state index in [-0.39, 0.29) is 5.43 Å². The van der Waals surface area contributed by atoms with Gasteiger partial charge in [-0.3, -0.25) is 9.78 Å². The van der Waals surface area contributed by atoms with Crippen LogP contribution in [-0.4, -0.2) is 11.2 Å². The fraction of sp³-hybridized carbons (Fsp3) is 0.0625. The number of aromatic nitrogens is 1. The number of benzene rings is 1. The van der Waals surface area contributed by atoms with Crippen LogP contribution >= 0.6 is 0 Å². The van der Waals surface area contributed by atoms with Gasteiger partial charge in [0, 0.05) is 12.4 Å². The van der Waals surface area contributed by atoms with E-state index in [9.17, 15) is 4.79 Å². The monoisotopic (exact) mass is 279 g/mol. The van der Waals surface area contributed by atoms with E-state index in [0.29, 0.717) is 23.1 Å². The number of fused-ring (bicyclic) bond motifs is 1. The number of rotatable bonds is 4. The first kappa shape index (κ1) is 13.1. The second kappa shape index (κ2) is 6.00. The molecule has 3 rings (SSSR count). The summed E-state index contributed by atoms with van der Waals surface area (Å²) < 4.78 is 5.41. The van der Waals surface area contributed by atoms with E-state index in [2.05, 4.69) is 15.5 Å². The lowest BCUT2D eigenvalue weighted by atomic mass is 10.2. The van der Waals surface area contributed by atoms with Crippen LogP contribution in [0.3, 0.4) is 0 Å². The third-order valence-electron chi connectivity index (χ3n) is 3.03. The molecule has 21 heavy (non-hydrogen) atoms. The van der Waals surface area contributed by atoms with Gasteiger partial charge in [-0.15, -0.1) is 0 Å². The lowest BCUT2D eigenvalue weighted by Crippen LogP contribution is -2.11. The molecule has 5 heteroatoms. The predicted octanol–water partition coefficient (Wildman–Crippen LogP) is 2.31. The molecule has 0 unspecified atom stereocenters. The van der Waals surface area contributed by atoms with Crippen LogP contribution in [0.4, 0.5) is 0 Å². The van der Waals surface area contributed by atoms with Gasteiger partial charge in [0.05, 0.1) is 23.7 Å². The molecule has 0 fully saturated rings. The van der Waals surface area contributed by atoms with Gasteiger partial charge in [-0.05, 0) is 29.8 Å². The van der Waals surface area contributed by atoms with Crippen molar-refractivity contribution in [3.63, 3.8) is 0 Å². The van der Waals surface area contributed by atoms with Crippen molar-refractivity contribution in [1.82, 2.24) is 10.4 Å². The summed E-state index contributed by atoms with van der Waals surface area (Å²) in [6.45, 7) is 0.567. The molecule has 0 saturated heterocycles. The van der Waals surface area contributed by atoms with Gasteiger partial charge in [-0.25, -0.2) is 0 Å². The minimum atomic E-state index is -0.0914. The van der Waals surface area contributed by atoms with Crippen molar-refractivity contribution in [2.45, 2.75) is 6.54 Å². The van der Waals surface area contributed by atoms with Crippen LogP contribution in [0.1, 0.15) is 11.1 Å². The van der Waals surface area contributed by atoms with Crippen molar-refractivity contribution in [2.75, 3.05) is 0 Å². The maximum atomic E-state index is 12.2. The number of hydrazone groups is 1. The Morgan fingerprint density at radius 1 is 1.19 bits per heavy atom. The molecule has 1 aromatic carbocycles. The molecule has 0 aliphatic carbocycles. The summed E-state index contributed by atoms with van der Waals surface area (Å²) in [6, 6.07) is 10.9. The molecule has 104 valence electrons. The summed E-state index contributed by atoms with van der Waals surface area (Å²) in [5.74, 6) is 0. The SMILES string of the molecule is O=c1c(/C=N/NCc2ccncc2)coc2ccccc12. The van der Waals surface area contributed by atoms with E-state index in [1.54, 1.807) is 24.5 Å². The molecular formula is C16H13N3O2. The summed E-state index contributed by atoms with van der Waals surface area (Å²) >= 11 is 0. The Morgan fingerprint density at radius 2 is 2.00 bits per heavy atom. The number of nitrogens with one attached hydrogen (secondary N) is 1. The van der Waals surface area contributed by atoms with Crippen LogP contribution in [-0.2, 0) is 6.54 Å². The number of pyridine rings is 1. The van der Waals surface area contributed by atoms with Crippen molar-refractivity contribution in [3.05, 3.63) is 76.4 Å². The number of hydrogen-bond acceptors (Lipinski definition) is 5. The van der Waals surface area contributed by atoms with Crippen molar-refractivity contribution < 1.29 is 4.42 Å². The van der Waals surface area contributed by atoms with Crippen molar-refractivity contribution in [2.24, 2.45) is 5.10 Å². The zero-order valence-electron chi connectivity index (χ0n) is 11.2. The normalized spacial score (nSPS) is 11.0. The third-order valence-corrected chi connectivity index (χ3v) is 3.03. The summed E-state index contributed by atoms with van der Waals surface area (Å²) in [6.07, 6.45) is 6.33. The number of para-hydroxylation sites is 1. The Labute approximate surface area is 121 Å². The standard InChI is InChI=1S/C16H13N3O2/c20-16-13(11-21-15-4-2-1-3-14(15)16)10-19-18-9-12-5-7-17-8-6-12/h1-8,10-11,18H,9H2/b19-10+. The average molecular weight is 279 g/mol. The second-order valence-corrected chi connectivity index (χ2v) is 4.46. The first-order valence-corrected chi connectivity index (χ1v) is 6.50. The van der Waals surface area contributed by atoms with Gasteiger partial charge in [0.15, 0.2) is 0 Å². The van der Waals surface area contributed by atoms with Crippen LogP contribution in [0.5, 0.6) is 0 Å². The van der Waals surface area contributed by atoms with Gasteiger partial charge in [0.25, 0.3) is 0 Å². The average Bonchev–Trinajstić information content (AvgIpc) is 2.55. The molecule has 0 spiro atoms. The van der Waals surface area contributed by atoms with E-state index < -0.39 is 0 Å². The Kier molecular flexibility index (Phi) is 3.73. The fourth-order valence-electron chi connectivity index (χ4n) is 1.93. The zero-order valence-corrected chi connectivity index (χ0v) is 11.2. The smallest absolute Gasteiger partial charge is 0.201 e. The van der Waals surface area contributed by atoms with Gasteiger partial charge < -0.3 is 9.84 Å². The second-order valence-electron chi connectivity index (χ2n) is 4.46. The highest BCUT2D eigenvalue weighted by atomic mass is 16.3. The van der Waals surface area contributed by atoms with Crippen molar-refractivity contribution in [3.8, 4) is 0 Å². The lowest BCUT2D eigenvalue weighted by molar-refractivity contribution is 0.601. The Balaban J connectivity index is 1.74. The summed E-state index contributed by atoms with van der Waals surface area (Å²) in [4.78, 5) is 16.1. The Morgan fingerprint density at radius 3 is 2.86 bits per heavy atom. The molecule has 0 aliphatic heterocycles. The molecule has 0 amide bonds. The van der Waals surface area contributed by atoms with Crippen LogP contribution in [0.25, 0.3) is 11.0 Å². The first-order chi connectivity index (χ1) is 10.3. The highest BCUT2D eigenvalue weighted by Gasteiger charge is 2.03. The van der Waals surface area contributed by atoms with Gasteiger partial charge in [-0.2, -0.15) is 5.10 Å². The van der Waals surface area contributed by atoms with Crippen molar-refractivity contribution in [1.29, 1.82) is 0 Å². The minimum Gasteiger partial charge on any atom is -0.463 e. The van der Waals surface area contributed by atoms with E-state index in [4.69, 9.17) is 4.42 Å². The summed E-state index contributed by atoms with van der Waals surface area (Å²) in [5, 5.41) is 4.60. The van der Waals surface area contributed by atoms with Crippen LogP contribution in [0.15, 0.2) is 69.4 Å². The molecule has 5 nitrogen and oxygen atoms in total. The van der Waals surface area contributed by atoms with Crippen LogP contribution in [0.2, 0.25) is 0 Å². The maximum Gasteiger partial charge on any atom is 0.201 e. The van der Waals surface area contributed by atoms with E-state index >= 15 is 0 Å². The molecule has 0 radical (unpaired) electrons. The fourth-order valence-corrected chi connectivity index (χ4v) is 1.93. The molecule has 0 aliphatic rings. The van der Waals surface area contributed by atoms with Gasteiger partial charge in [0.2, 0.25) is 5.43 Å². The molecule has 2 aromatic heterocycles. The highest BCUT2D eigenvalue weighted by Crippen LogP contribution is 2.09. The van der Waals surface area contributed by atoms with Gasteiger partial charge >= 0.3 is 0 Å². The van der Waals surface area contributed by atoms with Crippen LogP contribution in [0, 0.1) is 0 Å². The highest BCUT2D eigenvalue weighted by molar-refractivity contribution is 5.86. The molecule has 2 heterocycles. The molecule has 0 saturated carbocycles. The van der Waals surface area contributed by atoms with E-state index in [1.807, 2.05) is 24.3 Å². The van der Waals surface area contributed by atoms with Gasteiger partial charge in [0.1, 0.15) is 11.8 Å². The third kappa shape index (κ3) is 2.97. The minimum absolute atomic E-state index is 0.0914. The summed E-state index contributed by atoms with van der Waals surface area (Å²) in [5.41, 5.74) is 4.84. The maximum absolute atomic E-state index is 12.2. The lowest BCUT2D eigenvalue weighted by Gasteiger charge is -2.00. The largest absolute Gasteiger partial charge is 0.463 e. The van der Waals surface area contributed by atoms with E-state index in [1.165, 1.54) is 12.5 Å². The number of nitrogens with zero attached hydrogens (tertiary/aromatic N) is 2. The summed E-state index contributed by atoms with van der Waals surface area (Å²) in [7, 11) is 0. The molecule has 1 N–H and O–H groups in total. The quantitative estimate of drug-likeness (QED) is 0.588. The predicted molar refractivity (Wildman–Crippen MR) is 81.2 cm³/mol. The van der Waals surface area contributed by atoms with Gasteiger partial charge in [-0.1, -0.05) is 12.1 Å². The molecular weight excluding hydrogens is 266 g/mol. The Bertz CT molecular complexity index is 826. The molecule has 0 atom stereocenters. The van der Waals surface area contributed by atoms with Crippen LogP contribution < -0.4 is 10.9 Å². The van der Waals surface area contributed by atoms with E-state index in [0.717, 1.165) is 5.56 Å². The first-order valence-electron chi connectivity index (χ1n) is 6.50. The Hall–Kier alpha value is -2.95. The molecule has 0 bridgehead atoms. The molecule has 3 aromatic rings.